The third kappa shape index (κ3) is 4.83. The molecule has 8 nitrogen and oxygen atoms in total. The van der Waals surface area contributed by atoms with E-state index < -0.39 is 11.9 Å². The molecule has 0 bridgehead atoms. The molecule has 0 spiro atoms. The number of carbonyl (C=O) groups is 2. The summed E-state index contributed by atoms with van der Waals surface area (Å²) in [6.07, 6.45) is 0. The van der Waals surface area contributed by atoms with E-state index in [9.17, 15) is 9.59 Å². The summed E-state index contributed by atoms with van der Waals surface area (Å²) in [5.41, 5.74) is 0.671. The average molecular weight is 467 g/mol. The van der Waals surface area contributed by atoms with Crippen LogP contribution in [0.3, 0.4) is 0 Å². The Bertz CT molecular complexity index is 1410. The highest BCUT2D eigenvalue weighted by Gasteiger charge is 2.16. The van der Waals surface area contributed by atoms with Gasteiger partial charge in [-0.05, 0) is 22.9 Å². The van der Waals surface area contributed by atoms with Crippen molar-refractivity contribution < 1.29 is 28.5 Å². The maximum absolute atomic E-state index is 12.6. The smallest absolute Gasteiger partial charge is 0.325 e. The highest BCUT2D eigenvalue weighted by atomic mass is 32.1. The van der Waals surface area contributed by atoms with Crippen molar-refractivity contribution >= 4 is 44.2 Å². The molecule has 1 heterocycles. The Kier molecular flexibility index (Phi) is 6.60. The lowest BCUT2D eigenvalue weighted by Gasteiger charge is -2.09. The van der Waals surface area contributed by atoms with Crippen molar-refractivity contribution in [1.29, 1.82) is 0 Å². The normalized spacial score (nSPS) is 11.5. The molecule has 0 aliphatic rings. The second-order valence-corrected chi connectivity index (χ2v) is 8.03. The van der Waals surface area contributed by atoms with E-state index >= 15 is 0 Å². The largest absolute Gasteiger partial charge is 0.493 e. The standard InChI is InChI=1S/C24H22N2O6S/c1-29-19-11-18-21(12-20(19)30-2)33-24(26(18)13-23(28)31-3)25-22(27)14-32-17-9-8-15-6-4-5-7-16(15)10-17/h4-12H,13-14H2,1-3H3. The Morgan fingerprint density at radius 1 is 0.939 bits per heavy atom. The topological polar surface area (TPSA) is 88.4 Å². The summed E-state index contributed by atoms with van der Waals surface area (Å²) in [4.78, 5) is 29.2. The predicted octanol–water partition coefficient (Wildman–Crippen LogP) is 3.55. The fourth-order valence-corrected chi connectivity index (χ4v) is 4.43. The summed E-state index contributed by atoms with van der Waals surface area (Å²) < 4.78 is 23.6. The minimum Gasteiger partial charge on any atom is -0.493 e. The maximum atomic E-state index is 12.6. The van der Waals surface area contributed by atoms with E-state index in [1.54, 1.807) is 23.8 Å². The Labute approximate surface area is 193 Å². The quantitative estimate of drug-likeness (QED) is 0.387. The van der Waals surface area contributed by atoms with Gasteiger partial charge in [-0.25, -0.2) is 0 Å². The molecule has 9 heteroatoms. The highest BCUT2D eigenvalue weighted by Crippen LogP contribution is 2.33. The lowest BCUT2D eigenvalue weighted by Crippen LogP contribution is -2.23. The van der Waals surface area contributed by atoms with Gasteiger partial charge >= 0.3 is 5.97 Å². The second-order valence-electron chi connectivity index (χ2n) is 7.03. The molecule has 4 aromatic rings. The number of hydrogen-bond donors (Lipinski definition) is 0. The fraction of sp³-hybridized carbons (Fsp3) is 0.208. The van der Waals surface area contributed by atoms with Gasteiger partial charge in [-0.2, -0.15) is 4.99 Å². The van der Waals surface area contributed by atoms with Crippen LogP contribution in [-0.4, -0.2) is 44.4 Å². The SMILES string of the molecule is COC(=O)Cn1c(=NC(=O)COc2ccc3ccccc3c2)sc2cc(OC)c(OC)cc21. The lowest BCUT2D eigenvalue weighted by molar-refractivity contribution is -0.141. The molecule has 0 saturated carbocycles. The molecule has 33 heavy (non-hydrogen) atoms. The van der Waals surface area contributed by atoms with Gasteiger partial charge in [-0.3, -0.25) is 9.59 Å². The summed E-state index contributed by atoms with van der Waals surface area (Å²) in [7, 11) is 4.37. The first kappa shape index (κ1) is 22.3. The molecule has 1 amide bonds. The molecule has 0 atom stereocenters. The molecule has 170 valence electrons. The number of aromatic nitrogens is 1. The van der Waals surface area contributed by atoms with Crippen LogP contribution < -0.4 is 19.0 Å². The van der Waals surface area contributed by atoms with Crippen molar-refractivity contribution in [2.45, 2.75) is 6.54 Å². The van der Waals surface area contributed by atoms with Gasteiger partial charge in [0, 0.05) is 12.1 Å². The zero-order valence-electron chi connectivity index (χ0n) is 18.4. The number of amides is 1. The first-order valence-electron chi connectivity index (χ1n) is 10.0. The molecule has 0 radical (unpaired) electrons. The number of benzene rings is 3. The molecular weight excluding hydrogens is 444 g/mol. The number of fused-ring (bicyclic) bond motifs is 2. The number of esters is 1. The molecular formula is C24H22N2O6S. The lowest BCUT2D eigenvalue weighted by atomic mass is 10.1. The van der Waals surface area contributed by atoms with E-state index in [1.165, 1.54) is 25.6 Å². The van der Waals surface area contributed by atoms with Crippen molar-refractivity contribution in [2.75, 3.05) is 27.9 Å². The molecule has 4 rings (SSSR count). The number of thiazole rings is 1. The number of hydrogen-bond acceptors (Lipinski definition) is 7. The molecule has 0 fully saturated rings. The minimum atomic E-state index is -0.479. The van der Waals surface area contributed by atoms with Crippen molar-refractivity contribution in [3.05, 3.63) is 59.4 Å². The fourth-order valence-electron chi connectivity index (χ4n) is 3.37. The predicted molar refractivity (Wildman–Crippen MR) is 125 cm³/mol. The molecule has 0 aliphatic heterocycles. The third-order valence-corrected chi connectivity index (χ3v) is 6.05. The van der Waals surface area contributed by atoms with Crippen LogP contribution in [0.2, 0.25) is 0 Å². The summed E-state index contributed by atoms with van der Waals surface area (Å²) in [6.45, 7) is -0.346. The van der Waals surface area contributed by atoms with Crippen LogP contribution in [0.4, 0.5) is 0 Å². The zero-order chi connectivity index (χ0) is 23.4. The van der Waals surface area contributed by atoms with Crippen molar-refractivity contribution in [1.82, 2.24) is 4.57 Å². The number of nitrogens with zero attached hydrogens (tertiary/aromatic N) is 2. The van der Waals surface area contributed by atoms with E-state index in [2.05, 4.69) is 4.99 Å². The molecule has 0 saturated heterocycles. The first-order chi connectivity index (χ1) is 16.0. The summed E-state index contributed by atoms with van der Waals surface area (Å²) in [5, 5.41) is 2.10. The van der Waals surface area contributed by atoms with Gasteiger partial charge in [0.05, 0.1) is 31.5 Å². The number of methoxy groups -OCH3 is 3. The summed E-state index contributed by atoms with van der Waals surface area (Å²) in [5.74, 6) is 0.663. The Balaban J connectivity index is 1.65. The van der Waals surface area contributed by atoms with Gasteiger partial charge in [0.1, 0.15) is 12.3 Å². The first-order valence-corrected chi connectivity index (χ1v) is 10.9. The molecule has 3 aromatic carbocycles. The van der Waals surface area contributed by atoms with Gasteiger partial charge in [0.25, 0.3) is 5.91 Å². The molecule has 0 N–H and O–H groups in total. The van der Waals surface area contributed by atoms with Crippen LogP contribution >= 0.6 is 11.3 Å². The van der Waals surface area contributed by atoms with Gasteiger partial charge < -0.3 is 23.5 Å². The van der Waals surface area contributed by atoms with E-state index in [1.807, 2.05) is 42.5 Å². The number of rotatable bonds is 7. The zero-order valence-corrected chi connectivity index (χ0v) is 19.2. The van der Waals surface area contributed by atoms with Crippen LogP contribution in [-0.2, 0) is 20.9 Å². The minimum absolute atomic E-state index is 0.108. The van der Waals surface area contributed by atoms with E-state index in [0.717, 1.165) is 15.5 Å². The van der Waals surface area contributed by atoms with Crippen LogP contribution in [0.25, 0.3) is 21.0 Å². The highest BCUT2D eigenvalue weighted by molar-refractivity contribution is 7.16. The third-order valence-electron chi connectivity index (χ3n) is 5.01. The van der Waals surface area contributed by atoms with Crippen molar-refractivity contribution in [3.63, 3.8) is 0 Å². The maximum Gasteiger partial charge on any atom is 0.325 e. The van der Waals surface area contributed by atoms with Crippen LogP contribution in [0.5, 0.6) is 17.2 Å². The monoisotopic (exact) mass is 466 g/mol. The molecule has 0 unspecified atom stereocenters. The number of ether oxygens (including phenoxy) is 4. The number of carbonyl (C=O) groups excluding carboxylic acids is 2. The summed E-state index contributed by atoms with van der Waals surface area (Å²) in [6, 6.07) is 17.0. The van der Waals surface area contributed by atoms with Crippen LogP contribution in [0.15, 0.2) is 59.6 Å². The second kappa shape index (κ2) is 9.74. The Morgan fingerprint density at radius 2 is 1.67 bits per heavy atom. The van der Waals surface area contributed by atoms with Gasteiger partial charge in [-0.1, -0.05) is 41.7 Å². The average Bonchev–Trinajstić information content (AvgIpc) is 3.16. The molecule has 1 aromatic heterocycles. The van der Waals surface area contributed by atoms with Crippen LogP contribution in [0.1, 0.15) is 0 Å². The van der Waals surface area contributed by atoms with E-state index in [-0.39, 0.29) is 13.2 Å². The van der Waals surface area contributed by atoms with E-state index in [4.69, 9.17) is 18.9 Å². The van der Waals surface area contributed by atoms with Gasteiger partial charge in [0.15, 0.2) is 22.9 Å². The Hall–Kier alpha value is -3.85. The van der Waals surface area contributed by atoms with Crippen molar-refractivity contribution in [2.24, 2.45) is 4.99 Å². The molecule has 0 aliphatic carbocycles. The van der Waals surface area contributed by atoms with Crippen LogP contribution in [0, 0.1) is 0 Å². The van der Waals surface area contributed by atoms with Gasteiger partial charge in [-0.15, -0.1) is 0 Å². The van der Waals surface area contributed by atoms with Gasteiger partial charge in [0.2, 0.25) is 0 Å². The Morgan fingerprint density at radius 3 is 2.39 bits per heavy atom. The van der Waals surface area contributed by atoms with E-state index in [0.29, 0.717) is 27.6 Å². The van der Waals surface area contributed by atoms with Crippen molar-refractivity contribution in [3.8, 4) is 17.2 Å². The summed E-state index contributed by atoms with van der Waals surface area (Å²) >= 11 is 1.25.